The molecule has 0 bridgehead atoms. The predicted molar refractivity (Wildman–Crippen MR) is 53.7 cm³/mol. The number of aliphatic hydroxyl groups excluding tert-OH is 1. The van der Waals surface area contributed by atoms with Crippen LogP contribution in [-0.2, 0) is 6.61 Å². The third-order valence-electron chi connectivity index (χ3n) is 1.81. The van der Waals surface area contributed by atoms with Gasteiger partial charge in [0.15, 0.2) is 5.78 Å². The molecule has 1 aromatic carbocycles. The number of hydrogen-bond acceptors (Lipinski definition) is 3. The first-order chi connectivity index (χ1) is 6.54. The lowest BCUT2D eigenvalue weighted by molar-refractivity contribution is 0.0991. The Morgan fingerprint density at radius 2 is 2.14 bits per heavy atom. The smallest absolute Gasteiger partial charge is 0.180 e. The molecule has 0 radical (unpaired) electrons. The van der Waals surface area contributed by atoms with E-state index in [0.717, 1.165) is 0 Å². The number of aromatic hydroxyl groups is 1. The van der Waals surface area contributed by atoms with Gasteiger partial charge in [-0.05, 0) is 30.7 Å². The van der Waals surface area contributed by atoms with Crippen molar-refractivity contribution < 1.29 is 15.0 Å². The van der Waals surface area contributed by atoms with Gasteiger partial charge in [-0.3, -0.25) is 4.79 Å². The van der Waals surface area contributed by atoms with Crippen LogP contribution < -0.4 is 0 Å². The van der Waals surface area contributed by atoms with E-state index in [1.54, 1.807) is 6.92 Å². The van der Waals surface area contributed by atoms with Crippen molar-refractivity contribution in [2.75, 3.05) is 0 Å². The van der Waals surface area contributed by atoms with E-state index in [-0.39, 0.29) is 18.1 Å². The van der Waals surface area contributed by atoms with E-state index >= 15 is 0 Å². The number of rotatable bonds is 3. The molecule has 1 rings (SSSR count). The second kappa shape index (κ2) is 4.44. The molecule has 76 valence electrons. The highest BCUT2D eigenvalue weighted by Gasteiger charge is 2.13. The molecular formula is C10H11ClO3. The number of alkyl halides is 1. The molecule has 0 amide bonds. The van der Waals surface area contributed by atoms with Gasteiger partial charge in [-0.25, -0.2) is 0 Å². The normalized spacial score (nSPS) is 12.5. The van der Waals surface area contributed by atoms with Crippen molar-refractivity contribution in [1.82, 2.24) is 0 Å². The van der Waals surface area contributed by atoms with Gasteiger partial charge in [-0.2, -0.15) is 0 Å². The number of carbonyl (C=O) groups excluding carboxylic acids is 1. The summed E-state index contributed by atoms with van der Waals surface area (Å²) >= 11 is 5.62. The van der Waals surface area contributed by atoms with E-state index in [4.69, 9.17) is 16.7 Å². The molecule has 1 aromatic rings. The Bertz CT molecular complexity index is 347. The summed E-state index contributed by atoms with van der Waals surface area (Å²) in [5.74, 6) is -0.311. The highest BCUT2D eigenvalue weighted by molar-refractivity contribution is 6.33. The number of Topliss-reactive ketones (excluding diaryl/α,β-unsaturated/α-hetero) is 1. The Kier molecular flexibility index (Phi) is 3.49. The molecule has 1 atom stereocenters. The maximum absolute atomic E-state index is 11.4. The molecule has 0 spiro atoms. The molecule has 1 unspecified atom stereocenters. The monoisotopic (exact) mass is 214 g/mol. The van der Waals surface area contributed by atoms with Gasteiger partial charge in [0.2, 0.25) is 0 Å². The van der Waals surface area contributed by atoms with Gasteiger partial charge in [0, 0.05) is 5.56 Å². The molecule has 0 aliphatic heterocycles. The minimum absolute atomic E-state index is 0.0442. The second-order valence-electron chi connectivity index (χ2n) is 3.03. The van der Waals surface area contributed by atoms with E-state index in [1.807, 2.05) is 0 Å². The fourth-order valence-corrected chi connectivity index (χ4v) is 1.26. The molecule has 0 fully saturated rings. The second-order valence-corrected chi connectivity index (χ2v) is 3.68. The van der Waals surface area contributed by atoms with Gasteiger partial charge in [-0.1, -0.05) is 0 Å². The fourth-order valence-electron chi connectivity index (χ4n) is 1.14. The number of phenols is 1. The van der Waals surface area contributed by atoms with Gasteiger partial charge in [-0.15, -0.1) is 11.6 Å². The van der Waals surface area contributed by atoms with E-state index < -0.39 is 5.38 Å². The van der Waals surface area contributed by atoms with Crippen LogP contribution in [0.15, 0.2) is 18.2 Å². The highest BCUT2D eigenvalue weighted by Crippen LogP contribution is 2.18. The summed E-state index contributed by atoms with van der Waals surface area (Å²) in [6.45, 7) is 1.35. The van der Waals surface area contributed by atoms with Crippen molar-refractivity contribution in [2.45, 2.75) is 18.9 Å². The summed E-state index contributed by atoms with van der Waals surface area (Å²) in [6, 6.07) is 4.25. The number of benzene rings is 1. The molecule has 0 saturated carbocycles. The van der Waals surface area contributed by atoms with Crippen LogP contribution in [0.4, 0.5) is 0 Å². The maximum Gasteiger partial charge on any atom is 0.180 e. The van der Waals surface area contributed by atoms with Gasteiger partial charge in [0.1, 0.15) is 5.75 Å². The van der Waals surface area contributed by atoms with Gasteiger partial charge in [0.25, 0.3) is 0 Å². The number of hydrogen-bond donors (Lipinski definition) is 2. The van der Waals surface area contributed by atoms with Crippen LogP contribution in [0.5, 0.6) is 5.75 Å². The SMILES string of the molecule is CC(Cl)C(=O)c1cc(O)cc(CO)c1. The Morgan fingerprint density at radius 3 is 2.64 bits per heavy atom. The van der Waals surface area contributed by atoms with Crippen molar-refractivity contribution in [3.05, 3.63) is 29.3 Å². The average molecular weight is 215 g/mol. The average Bonchev–Trinajstić information content (AvgIpc) is 2.15. The van der Waals surface area contributed by atoms with Gasteiger partial charge < -0.3 is 10.2 Å². The lowest BCUT2D eigenvalue weighted by Gasteiger charge is -2.05. The van der Waals surface area contributed by atoms with Gasteiger partial charge in [0.05, 0.1) is 12.0 Å². The van der Waals surface area contributed by atoms with E-state index in [2.05, 4.69) is 0 Å². The zero-order chi connectivity index (χ0) is 10.7. The third-order valence-corrected chi connectivity index (χ3v) is 2.00. The fraction of sp³-hybridized carbons (Fsp3) is 0.300. The number of halogens is 1. The Morgan fingerprint density at radius 1 is 1.50 bits per heavy atom. The molecular weight excluding hydrogens is 204 g/mol. The van der Waals surface area contributed by atoms with E-state index in [1.165, 1.54) is 18.2 Å². The van der Waals surface area contributed by atoms with Crippen LogP contribution in [0.1, 0.15) is 22.8 Å². The predicted octanol–water partition coefficient (Wildman–Crippen LogP) is 1.69. The summed E-state index contributed by atoms with van der Waals surface area (Å²) in [7, 11) is 0. The number of phenolic OH excluding ortho intramolecular Hbond substituents is 1. The number of aliphatic hydroxyl groups is 1. The largest absolute Gasteiger partial charge is 0.508 e. The Labute approximate surface area is 86.9 Å². The zero-order valence-electron chi connectivity index (χ0n) is 7.70. The van der Waals surface area contributed by atoms with Crippen molar-refractivity contribution in [3.8, 4) is 5.75 Å². The minimum atomic E-state index is -0.636. The number of carbonyl (C=O) groups is 1. The van der Waals surface area contributed by atoms with Crippen LogP contribution in [0.25, 0.3) is 0 Å². The lowest BCUT2D eigenvalue weighted by Crippen LogP contribution is -2.10. The zero-order valence-corrected chi connectivity index (χ0v) is 8.45. The molecule has 2 N–H and O–H groups in total. The molecule has 3 nitrogen and oxygen atoms in total. The minimum Gasteiger partial charge on any atom is -0.508 e. The van der Waals surface area contributed by atoms with E-state index in [0.29, 0.717) is 11.1 Å². The maximum atomic E-state index is 11.4. The summed E-state index contributed by atoms with van der Waals surface area (Å²) in [6.07, 6.45) is 0. The summed E-state index contributed by atoms with van der Waals surface area (Å²) in [4.78, 5) is 11.4. The van der Waals surface area contributed by atoms with Crippen LogP contribution in [-0.4, -0.2) is 21.4 Å². The molecule has 0 aliphatic rings. The van der Waals surface area contributed by atoms with Crippen molar-refractivity contribution in [2.24, 2.45) is 0 Å². The summed E-state index contributed by atoms with van der Waals surface area (Å²) < 4.78 is 0. The van der Waals surface area contributed by atoms with Crippen LogP contribution in [0.3, 0.4) is 0 Å². The standard InChI is InChI=1S/C10H11ClO3/c1-6(11)10(14)8-2-7(5-12)3-9(13)4-8/h2-4,6,12-13H,5H2,1H3. The molecule has 0 saturated heterocycles. The van der Waals surface area contributed by atoms with Crippen LogP contribution in [0.2, 0.25) is 0 Å². The van der Waals surface area contributed by atoms with E-state index in [9.17, 15) is 9.90 Å². The topological polar surface area (TPSA) is 57.5 Å². The Hall–Kier alpha value is -1.06. The van der Waals surface area contributed by atoms with Crippen LogP contribution in [0, 0.1) is 0 Å². The lowest BCUT2D eigenvalue weighted by atomic mass is 10.1. The quantitative estimate of drug-likeness (QED) is 0.595. The highest BCUT2D eigenvalue weighted by atomic mass is 35.5. The molecule has 0 aliphatic carbocycles. The number of ketones is 1. The summed E-state index contributed by atoms with van der Waals surface area (Å²) in [5, 5.41) is 17.5. The van der Waals surface area contributed by atoms with Crippen molar-refractivity contribution >= 4 is 17.4 Å². The van der Waals surface area contributed by atoms with Crippen molar-refractivity contribution in [3.63, 3.8) is 0 Å². The molecule has 14 heavy (non-hydrogen) atoms. The Balaban J connectivity index is 3.09. The molecule has 0 aromatic heterocycles. The first-order valence-electron chi connectivity index (χ1n) is 4.16. The third kappa shape index (κ3) is 2.47. The first-order valence-corrected chi connectivity index (χ1v) is 4.60. The van der Waals surface area contributed by atoms with Crippen LogP contribution >= 0.6 is 11.6 Å². The summed E-state index contributed by atoms with van der Waals surface area (Å²) in [5.41, 5.74) is 0.808. The molecule has 4 heteroatoms. The first kappa shape index (κ1) is 11.0. The van der Waals surface area contributed by atoms with Gasteiger partial charge >= 0.3 is 0 Å². The molecule has 0 heterocycles. The van der Waals surface area contributed by atoms with Crippen molar-refractivity contribution in [1.29, 1.82) is 0 Å².